The molecule has 4 aromatic rings. The van der Waals surface area contributed by atoms with Crippen LogP contribution in [0.15, 0.2) is 54.9 Å². The number of rotatable bonds is 3. The van der Waals surface area contributed by atoms with Gasteiger partial charge >= 0.3 is 0 Å². The van der Waals surface area contributed by atoms with Crippen molar-refractivity contribution in [1.82, 2.24) is 19.6 Å². The minimum absolute atomic E-state index is 0.250. The van der Waals surface area contributed by atoms with Crippen LogP contribution in [0, 0.1) is 0 Å². The Kier molecular flexibility index (Phi) is 3.03. The SMILES string of the molecule is O=C(Nc1cccc2ncccc12)c1ccc2nc(C3CC3)cn2n1. The number of aromatic nitrogens is 4. The summed E-state index contributed by atoms with van der Waals surface area (Å²) in [6, 6.07) is 13.0. The van der Waals surface area contributed by atoms with E-state index in [1.165, 1.54) is 12.8 Å². The number of imidazole rings is 1. The monoisotopic (exact) mass is 329 g/mol. The van der Waals surface area contributed by atoms with Gasteiger partial charge in [0.1, 0.15) is 5.69 Å². The molecular weight excluding hydrogens is 314 g/mol. The second-order valence-corrected chi connectivity index (χ2v) is 6.29. The molecule has 1 aliphatic carbocycles. The van der Waals surface area contributed by atoms with Crippen LogP contribution in [-0.2, 0) is 0 Å². The lowest BCUT2D eigenvalue weighted by atomic mass is 10.2. The molecule has 3 heterocycles. The second-order valence-electron chi connectivity index (χ2n) is 6.29. The van der Waals surface area contributed by atoms with Gasteiger partial charge in [0, 0.05) is 17.5 Å². The summed E-state index contributed by atoms with van der Waals surface area (Å²) >= 11 is 0. The van der Waals surface area contributed by atoms with Gasteiger partial charge in [-0.2, -0.15) is 5.10 Å². The molecular formula is C19H15N5O. The van der Waals surface area contributed by atoms with E-state index in [-0.39, 0.29) is 5.91 Å². The van der Waals surface area contributed by atoms with Crippen molar-refractivity contribution in [3.63, 3.8) is 0 Å². The van der Waals surface area contributed by atoms with E-state index in [9.17, 15) is 4.79 Å². The van der Waals surface area contributed by atoms with E-state index in [4.69, 9.17) is 0 Å². The highest BCUT2D eigenvalue weighted by Gasteiger charge is 2.26. The number of amides is 1. The van der Waals surface area contributed by atoms with Crippen LogP contribution in [0.3, 0.4) is 0 Å². The number of fused-ring (bicyclic) bond motifs is 2. The fraction of sp³-hybridized carbons (Fsp3) is 0.158. The van der Waals surface area contributed by atoms with Crippen LogP contribution in [-0.4, -0.2) is 25.5 Å². The predicted octanol–water partition coefficient (Wildman–Crippen LogP) is 3.41. The van der Waals surface area contributed by atoms with Crippen LogP contribution in [0.4, 0.5) is 5.69 Å². The van der Waals surface area contributed by atoms with Crippen LogP contribution < -0.4 is 5.32 Å². The number of pyridine rings is 1. The zero-order chi connectivity index (χ0) is 16.8. The van der Waals surface area contributed by atoms with E-state index in [0.29, 0.717) is 11.6 Å². The van der Waals surface area contributed by atoms with E-state index < -0.39 is 0 Å². The van der Waals surface area contributed by atoms with Crippen LogP contribution in [0.5, 0.6) is 0 Å². The smallest absolute Gasteiger partial charge is 0.276 e. The van der Waals surface area contributed by atoms with Crippen LogP contribution in [0.1, 0.15) is 34.9 Å². The minimum Gasteiger partial charge on any atom is -0.320 e. The Labute approximate surface area is 143 Å². The molecule has 1 amide bonds. The van der Waals surface area contributed by atoms with Crippen molar-refractivity contribution < 1.29 is 4.79 Å². The molecule has 1 fully saturated rings. The first kappa shape index (κ1) is 14.1. The number of anilines is 1. The summed E-state index contributed by atoms with van der Waals surface area (Å²) < 4.78 is 1.69. The highest BCUT2D eigenvalue weighted by molar-refractivity contribution is 6.07. The average molecular weight is 329 g/mol. The number of carbonyl (C=O) groups excluding carboxylic acids is 1. The standard InChI is InChI=1S/C19H15N5O/c25-19(22-15-5-1-4-14-13(15)3-2-10-20-14)16-8-9-18-21-17(12-6-7-12)11-24(18)23-16/h1-5,8-12H,6-7H2,(H,22,25). The number of benzene rings is 1. The van der Waals surface area contributed by atoms with Gasteiger partial charge in [-0.25, -0.2) is 9.50 Å². The maximum atomic E-state index is 12.6. The topological polar surface area (TPSA) is 72.2 Å². The van der Waals surface area contributed by atoms with E-state index in [1.54, 1.807) is 16.8 Å². The third kappa shape index (κ3) is 2.52. The van der Waals surface area contributed by atoms with E-state index in [0.717, 1.165) is 27.9 Å². The Morgan fingerprint density at radius 3 is 2.92 bits per heavy atom. The molecule has 0 atom stereocenters. The molecule has 1 aliphatic rings. The van der Waals surface area contributed by atoms with E-state index in [2.05, 4.69) is 20.4 Å². The van der Waals surface area contributed by atoms with E-state index >= 15 is 0 Å². The largest absolute Gasteiger partial charge is 0.320 e. The van der Waals surface area contributed by atoms with E-state index in [1.807, 2.05) is 42.6 Å². The Bertz CT molecular complexity index is 1110. The molecule has 5 rings (SSSR count). The van der Waals surface area contributed by atoms with Crippen molar-refractivity contribution in [3.05, 3.63) is 66.2 Å². The molecule has 0 aliphatic heterocycles. The van der Waals surface area contributed by atoms with Gasteiger partial charge in [-0.1, -0.05) is 6.07 Å². The van der Waals surface area contributed by atoms with Gasteiger partial charge in [0.05, 0.1) is 23.1 Å². The third-order valence-electron chi connectivity index (χ3n) is 4.46. The number of hydrogen-bond acceptors (Lipinski definition) is 4. The van der Waals surface area contributed by atoms with Crippen LogP contribution in [0.25, 0.3) is 16.6 Å². The highest BCUT2D eigenvalue weighted by Crippen LogP contribution is 2.39. The summed E-state index contributed by atoms with van der Waals surface area (Å²) in [4.78, 5) is 21.5. The Balaban J connectivity index is 1.48. The van der Waals surface area contributed by atoms with Crippen LogP contribution in [0.2, 0.25) is 0 Å². The molecule has 1 aromatic carbocycles. The first-order chi connectivity index (χ1) is 12.3. The number of nitrogens with one attached hydrogen (secondary N) is 1. The molecule has 0 saturated heterocycles. The molecule has 122 valence electrons. The predicted molar refractivity (Wildman–Crippen MR) is 94.7 cm³/mol. The van der Waals surface area contributed by atoms with Gasteiger partial charge in [-0.05, 0) is 49.2 Å². The molecule has 0 bridgehead atoms. The van der Waals surface area contributed by atoms with Crippen molar-refractivity contribution in [2.45, 2.75) is 18.8 Å². The zero-order valence-corrected chi connectivity index (χ0v) is 13.4. The van der Waals surface area contributed by atoms with Gasteiger partial charge in [-0.15, -0.1) is 0 Å². The molecule has 0 unspecified atom stereocenters. The summed E-state index contributed by atoms with van der Waals surface area (Å²) in [5.74, 6) is 0.307. The molecule has 0 radical (unpaired) electrons. The first-order valence-electron chi connectivity index (χ1n) is 8.29. The molecule has 1 saturated carbocycles. The first-order valence-corrected chi connectivity index (χ1v) is 8.29. The van der Waals surface area contributed by atoms with Crippen LogP contribution >= 0.6 is 0 Å². The molecule has 0 spiro atoms. The van der Waals surface area contributed by atoms with Crippen molar-refractivity contribution in [2.24, 2.45) is 0 Å². The Hall–Kier alpha value is -3.28. The lowest BCUT2D eigenvalue weighted by Gasteiger charge is -2.08. The zero-order valence-electron chi connectivity index (χ0n) is 13.4. The van der Waals surface area contributed by atoms with Gasteiger partial charge in [0.25, 0.3) is 5.91 Å². The number of nitrogens with zero attached hydrogens (tertiary/aromatic N) is 4. The molecule has 25 heavy (non-hydrogen) atoms. The average Bonchev–Trinajstić information content (AvgIpc) is 3.41. The molecule has 6 nitrogen and oxygen atoms in total. The molecule has 6 heteroatoms. The highest BCUT2D eigenvalue weighted by atomic mass is 16.1. The molecule has 3 aromatic heterocycles. The van der Waals surface area contributed by atoms with Gasteiger partial charge in [0.2, 0.25) is 0 Å². The third-order valence-corrected chi connectivity index (χ3v) is 4.46. The van der Waals surface area contributed by atoms with Gasteiger partial charge in [0.15, 0.2) is 5.65 Å². The summed E-state index contributed by atoms with van der Waals surface area (Å²) in [6.45, 7) is 0. The normalized spacial score (nSPS) is 14.1. The summed E-state index contributed by atoms with van der Waals surface area (Å²) in [6.07, 6.45) is 6.03. The lowest BCUT2D eigenvalue weighted by Crippen LogP contribution is -2.15. The van der Waals surface area contributed by atoms with Gasteiger partial charge in [-0.3, -0.25) is 9.78 Å². The Morgan fingerprint density at radius 1 is 1.12 bits per heavy atom. The second kappa shape index (κ2) is 5.37. The lowest BCUT2D eigenvalue weighted by molar-refractivity contribution is 0.102. The van der Waals surface area contributed by atoms with Crippen molar-refractivity contribution >= 4 is 28.1 Å². The summed E-state index contributed by atoms with van der Waals surface area (Å²) in [5.41, 5.74) is 3.75. The quantitative estimate of drug-likeness (QED) is 0.625. The Morgan fingerprint density at radius 2 is 2.04 bits per heavy atom. The fourth-order valence-electron chi connectivity index (χ4n) is 3.00. The van der Waals surface area contributed by atoms with Gasteiger partial charge < -0.3 is 5.32 Å². The van der Waals surface area contributed by atoms with Crippen molar-refractivity contribution in [3.8, 4) is 0 Å². The fourth-order valence-corrected chi connectivity index (χ4v) is 3.00. The number of hydrogen-bond donors (Lipinski definition) is 1. The summed E-state index contributed by atoms with van der Waals surface area (Å²) in [5, 5.41) is 8.24. The molecule has 1 N–H and O–H groups in total. The number of carbonyl (C=O) groups is 1. The summed E-state index contributed by atoms with van der Waals surface area (Å²) in [7, 11) is 0. The minimum atomic E-state index is -0.250. The van der Waals surface area contributed by atoms with Crippen molar-refractivity contribution in [2.75, 3.05) is 5.32 Å². The van der Waals surface area contributed by atoms with Crippen molar-refractivity contribution in [1.29, 1.82) is 0 Å². The maximum Gasteiger partial charge on any atom is 0.276 e. The maximum absolute atomic E-state index is 12.6.